The van der Waals surface area contributed by atoms with E-state index < -0.39 is 26.5 Å². The second kappa shape index (κ2) is 50.2. The van der Waals surface area contributed by atoms with Crippen molar-refractivity contribution in [3.63, 3.8) is 0 Å². The smallest absolute Gasteiger partial charge is 0.306 e. The van der Waals surface area contributed by atoms with Crippen molar-refractivity contribution >= 4 is 19.8 Å². The molecule has 0 aliphatic rings. The zero-order valence-corrected chi connectivity index (χ0v) is 46.2. The van der Waals surface area contributed by atoms with Gasteiger partial charge in [-0.1, -0.05) is 243 Å². The van der Waals surface area contributed by atoms with Crippen molar-refractivity contribution in [1.82, 2.24) is 0 Å². The van der Waals surface area contributed by atoms with Gasteiger partial charge in [0.1, 0.15) is 19.8 Å². The Kier molecular flexibility index (Phi) is 48.9. The van der Waals surface area contributed by atoms with Crippen LogP contribution in [0.2, 0.25) is 0 Å². The summed E-state index contributed by atoms with van der Waals surface area (Å²) in [5, 5.41) is 0. The third-order valence-corrected chi connectivity index (χ3v) is 13.6. The first-order chi connectivity index (χ1) is 33.0. The predicted octanol–water partition coefficient (Wildman–Crippen LogP) is 17.0. The van der Waals surface area contributed by atoms with Gasteiger partial charge in [-0.2, -0.15) is 0 Å². The minimum atomic E-state index is -4.63. The fraction of sp³-hybridized carbons (Fsp3) is 0.862. The van der Waals surface area contributed by atoms with E-state index in [0.717, 1.165) is 51.4 Å². The van der Waals surface area contributed by atoms with Gasteiger partial charge in [0.15, 0.2) is 6.10 Å². The molecular formula is C58H110NO8P. The van der Waals surface area contributed by atoms with Crippen LogP contribution in [-0.2, 0) is 32.7 Å². The van der Waals surface area contributed by atoms with Crippen molar-refractivity contribution in [3.05, 3.63) is 36.5 Å². The van der Waals surface area contributed by atoms with Crippen LogP contribution in [-0.4, -0.2) is 70.0 Å². The van der Waals surface area contributed by atoms with Crippen molar-refractivity contribution in [2.75, 3.05) is 47.5 Å². The van der Waals surface area contributed by atoms with Crippen LogP contribution < -0.4 is 4.89 Å². The molecule has 0 aromatic heterocycles. The van der Waals surface area contributed by atoms with Crippen molar-refractivity contribution in [2.24, 2.45) is 0 Å². The van der Waals surface area contributed by atoms with E-state index in [9.17, 15) is 19.0 Å². The van der Waals surface area contributed by atoms with Crippen molar-refractivity contribution in [1.29, 1.82) is 0 Å². The summed E-state index contributed by atoms with van der Waals surface area (Å²) in [7, 11) is 1.18. The Bertz CT molecular complexity index is 1250. The Morgan fingerprint density at radius 2 is 0.794 bits per heavy atom. The number of likely N-dealkylation sites (N-methyl/N-ethyl adjacent to an activating group) is 1. The highest BCUT2D eigenvalue weighted by molar-refractivity contribution is 7.45. The average Bonchev–Trinajstić information content (AvgIpc) is 3.30. The molecule has 0 aliphatic heterocycles. The number of phosphoric ester groups is 1. The minimum Gasteiger partial charge on any atom is -0.756 e. The number of hydrogen-bond acceptors (Lipinski definition) is 8. The van der Waals surface area contributed by atoms with Crippen LogP contribution in [0.5, 0.6) is 0 Å². The maximum atomic E-state index is 12.8. The van der Waals surface area contributed by atoms with Gasteiger partial charge in [-0.25, -0.2) is 0 Å². The Morgan fingerprint density at radius 1 is 0.456 bits per heavy atom. The molecule has 2 unspecified atom stereocenters. The number of carbonyl (C=O) groups excluding carboxylic acids is 2. The molecule has 0 bridgehead atoms. The molecule has 9 nitrogen and oxygen atoms in total. The van der Waals surface area contributed by atoms with Crippen LogP contribution in [0.1, 0.15) is 271 Å². The van der Waals surface area contributed by atoms with Gasteiger partial charge in [0.25, 0.3) is 7.82 Å². The summed E-state index contributed by atoms with van der Waals surface area (Å²) in [6.45, 7) is 4.26. The summed E-state index contributed by atoms with van der Waals surface area (Å²) in [5.41, 5.74) is 0. The summed E-state index contributed by atoms with van der Waals surface area (Å²) in [4.78, 5) is 37.8. The Morgan fingerprint density at radius 3 is 1.18 bits per heavy atom. The largest absolute Gasteiger partial charge is 0.756 e. The summed E-state index contributed by atoms with van der Waals surface area (Å²) in [6.07, 6.45) is 60.4. The Labute approximate surface area is 421 Å². The number of unbranched alkanes of at least 4 members (excludes halogenated alkanes) is 33. The number of allylic oxidation sites excluding steroid dienone is 6. The van der Waals surface area contributed by atoms with Gasteiger partial charge in [-0.05, 0) is 51.4 Å². The second-order valence-electron chi connectivity index (χ2n) is 20.7. The maximum absolute atomic E-state index is 12.8. The molecule has 0 aliphatic carbocycles. The lowest BCUT2D eigenvalue weighted by Gasteiger charge is -2.28. The van der Waals surface area contributed by atoms with Crippen molar-refractivity contribution < 1.29 is 42.1 Å². The fourth-order valence-corrected chi connectivity index (χ4v) is 8.92. The van der Waals surface area contributed by atoms with Gasteiger partial charge in [0, 0.05) is 12.8 Å². The third-order valence-electron chi connectivity index (χ3n) is 12.7. The quantitative estimate of drug-likeness (QED) is 0.0195. The SMILES string of the molecule is CCCCCCC/C=C\C/C=C\C/C=C\CCCCCCCCCCCCCCCCC(=O)OC(COC(=O)CCCCCCCCCCCCCCCCC)COP(=O)([O-])OCC[N+](C)(C)C. The van der Waals surface area contributed by atoms with Gasteiger partial charge < -0.3 is 27.9 Å². The topological polar surface area (TPSA) is 111 Å². The Balaban J connectivity index is 4.10. The van der Waals surface area contributed by atoms with E-state index in [-0.39, 0.29) is 32.0 Å². The lowest BCUT2D eigenvalue weighted by Crippen LogP contribution is -2.37. The lowest BCUT2D eigenvalue weighted by atomic mass is 10.0. The number of esters is 2. The standard InChI is InChI=1S/C58H110NO8P/c1-6-8-10-12-14-16-18-20-22-23-24-25-26-27-28-29-30-31-32-33-34-35-37-39-41-43-45-47-49-51-58(61)67-56(55-66-68(62,63)65-53-52-59(3,4)5)54-64-57(60)50-48-46-44-42-40-38-36-21-19-17-15-13-11-9-7-2/h18,20,23-24,26-27,56H,6-17,19,21-22,25,28-55H2,1-5H3/b20-18-,24-23-,27-26-. The van der Waals surface area contributed by atoms with E-state index in [4.69, 9.17) is 18.5 Å². The molecule has 0 radical (unpaired) electrons. The molecular weight excluding hydrogens is 870 g/mol. The average molecular weight is 980 g/mol. The second-order valence-corrected chi connectivity index (χ2v) is 22.1. The van der Waals surface area contributed by atoms with E-state index in [1.165, 1.54) is 186 Å². The first-order valence-electron chi connectivity index (χ1n) is 28.7. The number of hydrogen-bond donors (Lipinski definition) is 0. The minimum absolute atomic E-state index is 0.0289. The molecule has 0 aromatic rings. The van der Waals surface area contributed by atoms with Gasteiger partial charge in [-0.3, -0.25) is 14.2 Å². The van der Waals surface area contributed by atoms with Crippen LogP contribution >= 0.6 is 7.82 Å². The van der Waals surface area contributed by atoms with Crippen LogP contribution in [0, 0.1) is 0 Å². The molecule has 0 rings (SSSR count). The van der Waals surface area contributed by atoms with Crippen LogP contribution in [0.15, 0.2) is 36.5 Å². The number of nitrogens with zero attached hydrogens (tertiary/aromatic N) is 1. The van der Waals surface area contributed by atoms with Crippen LogP contribution in [0.3, 0.4) is 0 Å². The molecule has 10 heteroatoms. The normalized spacial score (nSPS) is 13.6. The number of rotatable bonds is 53. The highest BCUT2D eigenvalue weighted by Crippen LogP contribution is 2.38. The fourth-order valence-electron chi connectivity index (χ4n) is 8.19. The molecule has 0 saturated carbocycles. The zero-order valence-electron chi connectivity index (χ0n) is 45.3. The summed E-state index contributed by atoms with van der Waals surface area (Å²) in [5.74, 6) is -0.821. The molecule has 0 aromatic carbocycles. The van der Waals surface area contributed by atoms with Gasteiger partial charge in [0.05, 0.1) is 27.7 Å². The van der Waals surface area contributed by atoms with E-state index in [2.05, 4.69) is 50.3 Å². The molecule has 0 saturated heterocycles. The maximum Gasteiger partial charge on any atom is 0.306 e. The molecule has 0 spiro atoms. The lowest BCUT2D eigenvalue weighted by molar-refractivity contribution is -0.870. The van der Waals surface area contributed by atoms with Crippen LogP contribution in [0.4, 0.5) is 0 Å². The van der Waals surface area contributed by atoms with Crippen molar-refractivity contribution in [3.8, 4) is 0 Å². The highest BCUT2D eigenvalue weighted by atomic mass is 31.2. The number of quaternary nitrogens is 1. The predicted molar refractivity (Wildman–Crippen MR) is 287 cm³/mol. The third kappa shape index (κ3) is 53.6. The number of carbonyl (C=O) groups is 2. The Hall–Kier alpha value is -1.77. The van der Waals surface area contributed by atoms with Gasteiger partial charge >= 0.3 is 11.9 Å². The summed E-state index contributed by atoms with van der Waals surface area (Å²) < 4.78 is 34.1. The number of ether oxygens (including phenoxy) is 2. The highest BCUT2D eigenvalue weighted by Gasteiger charge is 2.22. The molecule has 0 fully saturated rings. The van der Waals surface area contributed by atoms with Crippen molar-refractivity contribution in [2.45, 2.75) is 277 Å². The first kappa shape index (κ1) is 66.2. The summed E-state index contributed by atoms with van der Waals surface area (Å²) in [6, 6.07) is 0. The van der Waals surface area contributed by atoms with E-state index >= 15 is 0 Å². The monoisotopic (exact) mass is 980 g/mol. The molecule has 0 N–H and O–H groups in total. The molecule has 2 atom stereocenters. The van der Waals surface area contributed by atoms with Crippen LogP contribution in [0.25, 0.3) is 0 Å². The van der Waals surface area contributed by atoms with E-state index in [1.807, 2.05) is 21.1 Å². The molecule has 68 heavy (non-hydrogen) atoms. The zero-order chi connectivity index (χ0) is 49.9. The molecule has 400 valence electrons. The van der Waals surface area contributed by atoms with E-state index in [1.54, 1.807) is 0 Å². The summed E-state index contributed by atoms with van der Waals surface area (Å²) >= 11 is 0. The van der Waals surface area contributed by atoms with Gasteiger partial charge in [-0.15, -0.1) is 0 Å². The first-order valence-corrected chi connectivity index (χ1v) is 30.2. The molecule has 0 amide bonds. The number of phosphoric acid groups is 1. The van der Waals surface area contributed by atoms with E-state index in [0.29, 0.717) is 17.4 Å². The van der Waals surface area contributed by atoms with Gasteiger partial charge in [0.2, 0.25) is 0 Å². The molecule has 0 heterocycles.